The second-order valence-corrected chi connectivity index (χ2v) is 6.23. The predicted octanol–water partition coefficient (Wildman–Crippen LogP) is 2.93. The van der Waals surface area contributed by atoms with Crippen LogP contribution in [0.5, 0.6) is 0 Å². The average molecular weight is 390 g/mol. The summed E-state index contributed by atoms with van der Waals surface area (Å²) in [7, 11) is 0. The fourth-order valence-corrected chi connectivity index (χ4v) is 2.69. The standard InChI is InChI=1S/C19H17F3N4O2/c1-13(14-2-5-16(6-3-14)25-9-8-23-12-25)24-17(27)11-26-10-15(19(20,21)22)4-7-18(26)28/h2-10,12-13H,11H2,1H3,(H,24,27). The van der Waals surface area contributed by atoms with Gasteiger partial charge in [0, 0.05) is 30.3 Å². The largest absolute Gasteiger partial charge is 0.417 e. The molecule has 1 aromatic carbocycles. The molecular formula is C19H17F3N4O2. The van der Waals surface area contributed by atoms with Crippen molar-refractivity contribution < 1.29 is 18.0 Å². The van der Waals surface area contributed by atoms with Gasteiger partial charge in [-0.25, -0.2) is 4.98 Å². The number of hydrogen-bond acceptors (Lipinski definition) is 3. The highest BCUT2D eigenvalue weighted by Gasteiger charge is 2.31. The van der Waals surface area contributed by atoms with Gasteiger partial charge < -0.3 is 14.5 Å². The summed E-state index contributed by atoms with van der Waals surface area (Å²) in [5.41, 5.74) is 0.0485. The zero-order valence-corrected chi connectivity index (χ0v) is 14.8. The van der Waals surface area contributed by atoms with E-state index in [0.29, 0.717) is 12.3 Å². The minimum absolute atomic E-state index is 0.383. The van der Waals surface area contributed by atoms with Crippen molar-refractivity contribution >= 4 is 5.91 Å². The zero-order valence-electron chi connectivity index (χ0n) is 14.8. The Hall–Kier alpha value is -3.36. The van der Waals surface area contributed by atoms with Crippen molar-refractivity contribution in [3.05, 3.63) is 82.8 Å². The molecular weight excluding hydrogens is 373 g/mol. The number of imidazole rings is 1. The lowest BCUT2D eigenvalue weighted by atomic mass is 10.1. The molecule has 2 aromatic heterocycles. The van der Waals surface area contributed by atoms with Gasteiger partial charge in [0.2, 0.25) is 5.91 Å². The number of nitrogens with zero attached hydrogens (tertiary/aromatic N) is 3. The number of hydrogen-bond donors (Lipinski definition) is 1. The fourth-order valence-electron chi connectivity index (χ4n) is 2.69. The lowest BCUT2D eigenvalue weighted by Gasteiger charge is -2.16. The summed E-state index contributed by atoms with van der Waals surface area (Å²) >= 11 is 0. The first-order valence-corrected chi connectivity index (χ1v) is 8.39. The summed E-state index contributed by atoms with van der Waals surface area (Å²) in [6, 6.07) is 8.49. The second kappa shape index (κ2) is 7.71. The highest BCUT2D eigenvalue weighted by molar-refractivity contribution is 5.76. The van der Waals surface area contributed by atoms with E-state index in [-0.39, 0.29) is 6.04 Å². The smallest absolute Gasteiger partial charge is 0.348 e. The molecule has 28 heavy (non-hydrogen) atoms. The highest BCUT2D eigenvalue weighted by Crippen LogP contribution is 2.28. The van der Waals surface area contributed by atoms with Crippen molar-refractivity contribution in [2.45, 2.75) is 25.7 Å². The molecule has 3 aromatic rings. The van der Waals surface area contributed by atoms with Gasteiger partial charge in [0.15, 0.2) is 0 Å². The summed E-state index contributed by atoms with van der Waals surface area (Å²) in [5, 5.41) is 2.69. The van der Waals surface area contributed by atoms with Crippen molar-refractivity contribution in [2.24, 2.45) is 0 Å². The molecule has 2 heterocycles. The lowest BCUT2D eigenvalue weighted by molar-refractivity contribution is -0.138. The first-order chi connectivity index (χ1) is 13.2. The Morgan fingerprint density at radius 2 is 1.89 bits per heavy atom. The van der Waals surface area contributed by atoms with E-state index in [9.17, 15) is 22.8 Å². The van der Waals surface area contributed by atoms with E-state index in [1.165, 1.54) is 0 Å². The number of nitrogens with one attached hydrogen (secondary N) is 1. The number of halogens is 3. The number of rotatable bonds is 5. The van der Waals surface area contributed by atoms with Crippen LogP contribution in [0.4, 0.5) is 13.2 Å². The number of carbonyl (C=O) groups excluding carboxylic acids is 1. The molecule has 0 fully saturated rings. The van der Waals surface area contributed by atoms with Crippen LogP contribution in [0, 0.1) is 0 Å². The molecule has 0 aliphatic carbocycles. The van der Waals surface area contributed by atoms with Crippen LogP contribution in [-0.4, -0.2) is 20.0 Å². The van der Waals surface area contributed by atoms with Crippen molar-refractivity contribution in [3.63, 3.8) is 0 Å². The third-order valence-electron chi connectivity index (χ3n) is 4.20. The third kappa shape index (κ3) is 4.48. The molecule has 9 heteroatoms. The Bertz CT molecular complexity index is 1010. The summed E-state index contributed by atoms with van der Waals surface area (Å²) in [6.07, 6.45) is 1.18. The van der Waals surface area contributed by atoms with Gasteiger partial charge in [0.25, 0.3) is 5.56 Å². The lowest BCUT2D eigenvalue weighted by Crippen LogP contribution is -2.34. The van der Waals surface area contributed by atoms with Gasteiger partial charge in [-0.3, -0.25) is 9.59 Å². The monoisotopic (exact) mass is 390 g/mol. The van der Waals surface area contributed by atoms with Gasteiger partial charge in [0.1, 0.15) is 6.54 Å². The molecule has 0 radical (unpaired) electrons. The number of pyridine rings is 1. The van der Waals surface area contributed by atoms with E-state index in [4.69, 9.17) is 0 Å². The Kier molecular flexibility index (Phi) is 5.34. The van der Waals surface area contributed by atoms with E-state index < -0.39 is 29.8 Å². The molecule has 0 aliphatic heterocycles. The van der Waals surface area contributed by atoms with Crippen molar-refractivity contribution in [3.8, 4) is 5.69 Å². The van der Waals surface area contributed by atoms with Gasteiger partial charge in [-0.15, -0.1) is 0 Å². The predicted molar refractivity (Wildman–Crippen MR) is 95.8 cm³/mol. The van der Waals surface area contributed by atoms with Gasteiger partial charge in [-0.1, -0.05) is 12.1 Å². The first kappa shape index (κ1) is 19.4. The van der Waals surface area contributed by atoms with Crippen molar-refractivity contribution in [1.82, 2.24) is 19.4 Å². The van der Waals surface area contributed by atoms with Crippen LogP contribution in [0.15, 0.2) is 66.1 Å². The summed E-state index contributed by atoms with van der Waals surface area (Å²) < 4.78 is 40.9. The normalized spacial score (nSPS) is 12.6. The van der Waals surface area contributed by atoms with Crippen LogP contribution < -0.4 is 10.9 Å². The maximum Gasteiger partial charge on any atom is 0.417 e. The Balaban J connectivity index is 1.67. The number of aromatic nitrogens is 3. The molecule has 0 saturated heterocycles. The Morgan fingerprint density at radius 1 is 1.18 bits per heavy atom. The van der Waals surface area contributed by atoms with E-state index in [0.717, 1.165) is 21.9 Å². The molecule has 6 nitrogen and oxygen atoms in total. The number of alkyl halides is 3. The molecule has 1 unspecified atom stereocenters. The maximum atomic E-state index is 12.8. The summed E-state index contributed by atoms with van der Waals surface area (Å²) in [5.74, 6) is -0.562. The first-order valence-electron chi connectivity index (χ1n) is 8.39. The third-order valence-corrected chi connectivity index (χ3v) is 4.20. The van der Waals surface area contributed by atoms with E-state index in [1.54, 1.807) is 25.6 Å². The maximum absolute atomic E-state index is 12.8. The fraction of sp³-hybridized carbons (Fsp3) is 0.211. The van der Waals surface area contributed by atoms with Crippen LogP contribution in [0.2, 0.25) is 0 Å². The molecule has 1 atom stereocenters. The van der Waals surface area contributed by atoms with Gasteiger partial charge >= 0.3 is 6.18 Å². The molecule has 0 aliphatic rings. The van der Waals surface area contributed by atoms with Gasteiger partial charge in [0.05, 0.1) is 17.9 Å². The molecule has 1 amide bonds. The molecule has 0 spiro atoms. The summed E-state index contributed by atoms with van der Waals surface area (Å²) in [6.45, 7) is 1.25. The zero-order chi connectivity index (χ0) is 20.3. The quantitative estimate of drug-likeness (QED) is 0.728. The van der Waals surface area contributed by atoms with E-state index in [1.807, 2.05) is 28.8 Å². The Morgan fingerprint density at radius 3 is 2.50 bits per heavy atom. The summed E-state index contributed by atoms with van der Waals surface area (Å²) in [4.78, 5) is 27.9. The van der Waals surface area contributed by atoms with Crippen molar-refractivity contribution in [1.29, 1.82) is 0 Å². The topological polar surface area (TPSA) is 68.9 Å². The van der Waals surface area contributed by atoms with Gasteiger partial charge in [-0.2, -0.15) is 13.2 Å². The van der Waals surface area contributed by atoms with Crippen LogP contribution in [0.3, 0.4) is 0 Å². The molecule has 0 saturated carbocycles. The van der Waals surface area contributed by atoms with E-state index in [2.05, 4.69) is 10.3 Å². The van der Waals surface area contributed by atoms with Crippen LogP contribution in [0.1, 0.15) is 24.1 Å². The van der Waals surface area contributed by atoms with Crippen LogP contribution in [0.25, 0.3) is 5.69 Å². The SMILES string of the molecule is CC(NC(=O)Cn1cc(C(F)(F)F)ccc1=O)c1ccc(-n2ccnc2)cc1. The average Bonchev–Trinajstić information content (AvgIpc) is 3.17. The number of amides is 1. The van der Waals surface area contributed by atoms with Gasteiger partial charge in [-0.05, 0) is 30.7 Å². The molecule has 0 bridgehead atoms. The number of carbonyl (C=O) groups is 1. The molecule has 146 valence electrons. The minimum atomic E-state index is -4.59. The second-order valence-electron chi connectivity index (χ2n) is 6.23. The highest BCUT2D eigenvalue weighted by atomic mass is 19.4. The van der Waals surface area contributed by atoms with Crippen molar-refractivity contribution in [2.75, 3.05) is 0 Å². The molecule has 3 rings (SSSR count). The van der Waals surface area contributed by atoms with E-state index >= 15 is 0 Å². The van der Waals surface area contributed by atoms with Crippen LogP contribution in [-0.2, 0) is 17.5 Å². The molecule has 1 N–H and O–H groups in total. The Labute approximate surface area is 158 Å². The minimum Gasteiger partial charge on any atom is -0.348 e. The van der Waals surface area contributed by atoms with Crippen LogP contribution >= 0.6 is 0 Å². The number of benzene rings is 1.